The van der Waals surface area contributed by atoms with Crippen LogP contribution in [0, 0.1) is 0 Å². The summed E-state index contributed by atoms with van der Waals surface area (Å²) in [4.78, 5) is 12.0. The molecular formula is C16H23BrN2O. The van der Waals surface area contributed by atoms with E-state index >= 15 is 0 Å². The monoisotopic (exact) mass is 338 g/mol. The fourth-order valence-corrected chi connectivity index (χ4v) is 3.07. The Bertz CT molecular complexity index is 444. The average molecular weight is 339 g/mol. The van der Waals surface area contributed by atoms with Crippen molar-refractivity contribution in [1.29, 1.82) is 0 Å². The van der Waals surface area contributed by atoms with Crippen molar-refractivity contribution in [1.82, 2.24) is 10.6 Å². The highest BCUT2D eigenvalue weighted by molar-refractivity contribution is 9.10. The molecule has 1 aromatic carbocycles. The van der Waals surface area contributed by atoms with Gasteiger partial charge in [-0.1, -0.05) is 34.5 Å². The highest BCUT2D eigenvalue weighted by atomic mass is 79.9. The fourth-order valence-electron chi connectivity index (χ4n) is 2.65. The van der Waals surface area contributed by atoms with Crippen LogP contribution in [-0.2, 0) is 4.79 Å². The normalized spacial score (nSPS) is 20.4. The Morgan fingerprint density at radius 1 is 1.50 bits per heavy atom. The van der Waals surface area contributed by atoms with E-state index in [4.69, 9.17) is 0 Å². The number of benzene rings is 1. The second kappa shape index (κ2) is 7.79. The minimum absolute atomic E-state index is 0.0549. The van der Waals surface area contributed by atoms with Gasteiger partial charge in [-0.05, 0) is 50.4 Å². The first-order valence-corrected chi connectivity index (χ1v) is 8.22. The van der Waals surface area contributed by atoms with E-state index in [2.05, 4.69) is 26.6 Å². The summed E-state index contributed by atoms with van der Waals surface area (Å²) in [6.45, 7) is 3.12. The number of carbonyl (C=O) groups is 1. The molecule has 1 unspecified atom stereocenters. The van der Waals surface area contributed by atoms with Crippen molar-refractivity contribution in [2.45, 2.75) is 51.1 Å². The van der Waals surface area contributed by atoms with E-state index in [9.17, 15) is 4.79 Å². The van der Waals surface area contributed by atoms with Gasteiger partial charge in [0.15, 0.2) is 0 Å². The lowest BCUT2D eigenvalue weighted by Gasteiger charge is -2.23. The molecule has 1 aromatic rings. The van der Waals surface area contributed by atoms with Gasteiger partial charge in [0.05, 0.1) is 6.04 Å². The van der Waals surface area contributed by atoms with Crippen molar-refractivity contribution >= 4 is 21.8 Å². The van der Waals surface area contributed by atoms with Gasteiger partial charge >= 0.3 is 0 Å². The van der Waals surface area contributed by atoms with Crippen LogP contribution in [0.1, 0.15) is 50.6 Å². The largest absolute Gasteiger partial charge is 0.350 e. The highest BCUT2D eigenvalue weighted by Crippen LogP contribution is 2.18. The first-order valence-electron chi connectivity index (χ1n) is 7.43. The summed E-state index contributed by atoms with van der Waals surface area (Å²) < 4.78 is 1.04. The van der Waals surface area contributed by atoms with Gasteiger partial charge in [-0.2, -0.15) is 0 Å². The van der Waals surface area contributed by atoms with Crippen molar-refractivity contribution in [3.05, 3.63) is 34.3 Å². The summed E-state index contributed by atoms with van der Waals surface area (Å²) >= 11 is 3.46. The van der Waals surface area contributed by atoms with Crippen molar-refractivity contribution in [2.24, 2.45) is 0 Å². The molecule has 1 aliphatic rings. The van der Waals surface area contributed by atoms with E-state index in [0.717, 1.165) is 23.0 Å². The molecule has 2 rings (SSSR count). The van der Waals surface area contributed by atoms with Crippen molar-refractivity contribution in [3.8, 4) is 0 Å². The van der Waals surface area contributed by atoms with E-state index in [-0.39, 0.29) is 11.9 Å². The van der Waals surface area contributed by atoms with Crippen LogP contribution in [-0.4, -0.2) is 18.5 Å². The number of hydrogen-bond acceptors (Lipinski definition) is 2. The molecule has 0 saturated carbocycles. The van der Waals surface area contributed by atoms with Gasteiger partial charge in [-0.3, -0.25) is 4.79 Å². The highest BCUT2D eigenvalue weighted by Gasteiger charge is 2.15. The number of amides is 1. The zero-order valence-corrected chi connectivity index (χ0v) is 13.6. The van der Waals surface area contributed by atoms with Gasteiger partial charge in [0.1, 0.15) is 0 Å². The number of hydrogen-bond donors (Lipinski definition) is 2. The van der Waals surface area contributed by atoms with E-state index in [1.54, 1.807) is 0 Å². The van der Waals surface area contributed by atoms with Crippen molar-refractivity contribution in [3.63, 3.8) is 0 Å². The van der Waals surface area contributed by atoms with Gasteiger partial charge in [-0.25, -0.2) is 0 Å². The zero-order valence-electron chi connectivity index (χ0n) is 12.0. The predicted octanol–water partition coefficient (Wildman–Crippen LogP) is 3.55. The topological polar surface area (TPSA) is 41.1 Å². The number of rotatable bonds is 5. The SMILES string of the molecule is C[C@@H](NC(=O)CCC1CCCCN1)c1cccc(Br)c1. The second-order valence-electron chi connectivity index (χ2n) is 5.53. The molecule has 4 heteroatoms. The Morgan fingerprint density at radius 3 is 3.05 bits per heavy atom. The summed E-state index contributed by atoms with van der Waals surface area (Å²) in [5, 5.41) is 6.56. The smallest absolute Gasteiger partial charge is 0.220 e. The first kappa shape index (κ1) is 15.5. The van der Waals surface area contributed by atoms with Crippen LogP contribution in [0.25, 0.3) is 0 Å². The van der Waals surface area contributed by atoms with Crippen LogP contribution < -0.4 is 10.6 Å². The molecule has 20 heavy (non-hydrogen) atoms. The van der Waals surface area contributed by atoms with Gasteiger partial charge in [0.2, 0.25) is 5.91 Å². The third-order valence-corrected chi connectivity index (χ3v) is 4.35. The lowest BCUT2D eigenvalue weighted by atomic mass is 10.0. The molecule has 1 aliphatic heterocycles. The molecule has 0 bridgehead atoms. The quantitative estimate of drug-likeness (QED) is 0.861. The van der Waals surface area contributed by atoms with E-state index in [0.29, 0.717) is 12.5 Å². The van der Waals surface area contributed by atoms with Gasteiger partial charge in [0.25, 0.3) is 0 Å². The number of carbonyl (C=O) groups excluding carboxylic acids is 1. The second-order valence-corrected chi connectivity index (χ2v) is 6.45. The van der Waals surface area contributed by atoms with Gasteiger partial charge in [0, 0.05) is 16.9 Å². The molecule has 1 amide bonds. The minimum Gasteiger partial charge on any atom is -0.350 e. The predicted molar refractivity (Wildman–Crippen MR) is 85.6 cm³/mol. The third kappa shape index (κ3) is 4.91. The summed E-state index contributed by atoms with van der Waals surface area (Å²) in [6.07, 6.45) is 5.30. The summed E-state index contributed by atoms with van der Waals surface area (Å²) in [5.74, 6) is 0.143. The molecule has 2 atom stereocenters. The lowest BCUT2D eigenvalue weighted by molar-refractivity contribution is -0.122. The van der Waals surface area contributed by atoms with Crippen LogP contribution >= 0.6 is 15.9 Å². The maximum absolute atomic E-state index is 12.0. The average Bonchev–Trinajstić information content (AvgIpc) is 2.46. The van der Waals surface area contributed by atoms with Crippen molar-refractivity contribution in [2.75, 3.05) is 6.54 Å². The van der Waals surface area contributed by atoms with Crippen LogP contribution in [0.2, 0.25) is 0 Å². The van der Waals surface area contributed by atoms with E-state index in [1.165, 1.54) is 19.3 Å². The van der Waals surface area contributed by atoms with Crippen molar-refractivity contribution < 1.29 is 4.79 Å². The summed E-state index contributed by atoms with van der Waals surface area (Å²) in [5.41, 5.74) is 1.13. The van der Waals surface area contributed by atoms with E-state index in [1.807, 2.05) is 31.2 Å². The molecule has 110 valence electrons. The molecule has 0 radical (unpaired) electrons. The minimum atomic E-state index is 0.0549. The molecule has 1 saturated heterocycles. The fraction of sp³-hybridized carbons (Fsp3) is 0.562. The number of piperidine rings is 1. The van der Waals surface area contributed by atoms with Crippen LogP contribution in [0.15, 0.2) is 28.7 Å². The lowest BCUT2D eigenvalue weighted by Crippen LogP contribution is -2.35. The maximum atomic E-state index is 12.0. The molecule has 0 aliphatic carbocycles. The molecule has 0 spiro atoms. The summed E-state index contributed by atoms with van der Waals surface area (Å²) in [6, 6.07) is 8.65. The van der Waals surface area contributed by atoms with Crippen LogP contribution in [0.3, 0.4) is 0 Å². The Labute approximate surface area is 129 Å². The third-order valence-electron chi connectivity index (χ3n) is 3.86. The number of nitrogens with one attached hydrogen (secondary N) is 2. The Balaban J connectivity index is 1.76. The molecule has 1 fully saturated rings. The van der Waals surface area contributed by atoms with Crippen LogP contribution in [0.5, 0.6) is 0 Å². The van der Waals surface area contributed by atoms with E-state index < -0.39 is 0 Å². The van der Waals surface area contributed by atoms with Gasteiger partial charge in [-0.15, -0.1) is 0 Å². The Morgan fingerprint density at radius 2 is 2.35 bits per heavy atom. The first-order chi connectivity index (χ1) is 9.65. The molecule has 3 nitrogen and oxygen atoms in total. The standard InChI is InChI=1S/C16H23BrN2O/c1-12(13-5-4-6-14(17)11-13)19-16(20)9-8-15-7-2-3-10-18-15/h4-6,11-12,15,18H,2-3,7-10H2,1H3,(H,19,20)/t12-,15?/m1/s1. The Kier molecular flexibility index (Phi) is 6.05. The molecule has 1 heterocycles. The van der Waals surface area contributed by atoms with Gasteiger partial charge < -0.3 is 10.6 Å². The molecule has 0 aromatic heterocycles. The number of halogens is 1. The molecular weight excluding hydrogens is 316 g/mol. The maximum Gasteiger partial charge on any atom is 0.220 e. The Hall–Kier alpha value is -0.870. The summed E-state index contributed by atoms with van der Waals surface area (Å²) in [7, 11) is 0. The molecule has 2 N–H and O–H groups in total. The zero-order chi connectivity index (χ0) is 14.4. The van der Waals surface area contributed by atoms with Crippen LogP contribution in [0.4, 0.5) is 0 Å².